The van der Waals surface area contributed by atoms with Gasteiger partial charge in [-0.15, -0.1) is 0 Å². The number of carbonyl (C=O) groups is 1. The highest BCUT2D eigenvalue weighted by atomic mass is 16.7. The van der Waals surface area contributed by atoms with Gasteiger partial charge in [-0.3, -0.25) is 4.79 Å². The van der Waals surface area contributed by atoms with E-state index in [2.05, 4.69) is 36.5 Å². The van der Waals surface area contributed by atoms with Crippen LogP contribution in [-0.4, -0.2) is 87.5 Å². The summed E-state index contributed by atoms with van der Waals surface area (Å²) in [7, 11) is 0. The van der Waals surface area contributed by atoms with Crippen molar-refractivity contribution in [1.29, 1.82) is 0 Å². The van der Waals surface area contributed by atoms with E-state index < -0.39 is 49.5 Å². The number of unbranched alkanes of at least 4 members (excludes halogenated alkanes) is 24. The molecule has 6 N–H and O–H groups in total. The van der Waals surface area contributed by atoms with E-state index in [0.29, 0.717) is 0 Å². The third kappa shape index (κ3) is 27.1. The summed E-state index contributed by atoms with van der Waals surface area (Å²) in [5, 5.41) is 52.6. The fraction of sp³-hybridized carbons (Fsp3) is 0.844. The predicted octanol–water partition coefficient (Wildman–Crippen LogP) is 8.89. The van der Waals surface area contributed by atoms with Crippen molar-refractivity contribution < 1.29 is 39.8 Å². The molecule has 7 atom stereocenters. The quantitative estimate of drug-likeness (QED) is 0.0274. The topological polar surface area (TPSA) is 149 Å². The van der Waals surface area contributed by atoms with E-state index in [0.717, 1.165) is 25.7 Å². The van der Waals surface area contributed by atoms with Gasteiger partial charge in [0.2, 0.25) is 5.91 Å². The van der Waals surface area contributed by atoms with Gasteiger partial charge in [-0.1, -0.05) is 178 Å². The van der Waals surface area contributed by atoms with Crippen molar-refractivity contribution in [2.75, 3.05) is 13.2 Å². The van der Waals surface area contributed by atoms with Crippen LogP contribution in [0.15, 0.2) is 36.5 Å². The summed E-state index contributed by atoms with van der Waals surface area (Å²) in [4.78, 5) is 11.7. The molecule has 1 saturated heterocycles. The van der Waals surface area contributed by atoms with Crippen molar-refractivity contribution in [3.05, 3.63) is 36.5 Å². The highest BCUT2D eigenvalue weighted by Gasteiger charge is 2.44. The Bertz CT molecular complexity index is 941. The molecule has 0 radical (unpaired) electrons. The molecule has 0 aromatic carbocycles. The number of rotatable bonds is 36. The molecule has 9 nitrogen and oxygen atoms in total. The molecular formula is C45H83NO8. The lowest BCUT2D eigenvalue weighted by Crippen LogP contribution is -2.60. The van der Waals surface area contributed by atoms with Gasteiger partial charge in [0.15, 0.2) is 6.29 Å². The molecule has 0 aliphatic carbocycles. The second kappa shape index (κ2) is 35.8. The molecule has 1 aliphatic heterocycles. The summed E-state index contributed by atoms with van der Waals surface area (Å²) < 4.78 is 10.9. The zero-order valence-corrected chi connectivity index (χ0v) is 34.5. The first-order valence-corrected chi connectivity index (χ1v) is 22.2. The van der Waals surface area contributed by atoms with Gasteiger partial charge in [0, 0.05) is 6.92 Å². The van der Waals surface area contributed by atoms with Crippen molar-refractivity contribution in [2.24, 2.45) is 0 Å². The van der Waals surface area contributed by atoms with Gasteiger partial charge in [-0.2, -0.15) is 0 Å². The van der Waals surface area contributed by atoms with Crippen LogP contribution in [0.4, 0.5) is 0 Å². The molecule has 1 fully saturated rings. The van der Waals surface area contributed by atoms with Crippen molar-refractivity contribution in [1.82, 2.24) is 5.32 Å². The Morgan fingerprint density at radius 1 is 0.611 bits per heavy atom. The van der Waals surface area contributed by atoms with E-state index in [1.165, 1.54) is 155 Å². The van der Waals surface area contributed by atoms with Crippen LogP contribution in [0, 0.1) is 0 Å². The van der Waals surface area contributed by atoms with E-state index in [4.69, 9.17) is 9.47 Å². The van der Waals surface area contributed by atoms with Crippen molar-refractivity contribution in [3.8, 4) is 0 Å². The number of aliphatic hydroxyl groups is 5. The van der Waals surface area contributed by atoms with E-state index >= 15 is 0 Å². The maximum atomic E-state index is 11.7. The second-order valence-corrected chi connectivity index (χ2v) is 15.6. The fourth-order valence-electron chi connectivity index (χ4n) is 6.99. The maximum absolute atomic E-state index is 11.7. The molecule has 54 heavy (non-hydrogen) atoms. The van der Waals surface area contributed by atoms with Gasteiger partial charge in [0.05, 0.1) is 25.4 Å². The molecule has 0 saturated carbocycles. The van der Waals surface area contributed by atoms with Gasteiger partial charge in [0.25, 0.3) is 0 Å². The lowest BCUT2D eigenvalue weighted by molar-refractivity contribution is -0.302. The molecule has 7 unspecified atom stereocenters. The Labute approximate surface area is 330 Å². The minimum Gasteiger partial charge on any atom is -0.394 e. The van der Waals surface area contributed by atoms with Crippen LogP contribution in [0.2, 0.25) is 0 Å². The smallest absolute Gasteiger partial charge is 0.217 e. The third-order valence-corrected chi connectivity index (χ3v) is 10.5. The minimum absolute atomic E-state index is 0.221. The third-order valence-electron chi connectivity index (χ3n) is 10.5. The average molecular weight is 766 g/mol. The normalized spacial score (nSPS) is 21.8. The zero-order valence-electron chi connectivity index (χ0n) is 34.5. The Kier molecular flexibility index (Phi) is 33.4. The first kappa shape index (κ1) is 50.4. The number of hydrogen-bond donors (Lipinski definition) is 6. The van der Waals surface area contributed by atoms with E-state index in [1.807, 2.05) is 6.08 Å². The molecule has 9 heteroatoms. The number of carbonyl (C=O) groups excluding carboxylic acids is 1. The van der Waals surface area contributed by atoms with Crippen molar-refractivity contribution in [2.45, 2.75) is 230 Å². The van der Waals surface area contributed by atoms with Gasteiger partial charge >= 0.3 is 0 Å². The largest absolute Gasteiger partial charge is 0.394 e. The van der Waals surface area contributed by atoms with Crippen LogP contribution in [0.3, 0.4) is 0 Å². The van der Waals surface area contributed by atoms with Crippen LogP contribution in [-0.2, 0) is 14.3 Å². The fourth-order valence-corrected chi connectivity index (χ4v) is 6.99. The molecule has 1 amide bonds. The zero-order chi connectivity index (χ0) is 39.5. The molecule has 316 valence electrons. The number of ether oxygens (including phenoxy) is 2. The number of amides is 1. The average Bonchev–Trinajstić information content (AvgIpc) is 3.16. The van der Waals surface area contributed by atoms with Crippen molar-refractivity contribution >= 4 is 5.91 Å². The lowest BCUT2D eigenvalue weighted by Gasteiger charge is -2.40. The molecule has 1 heterocycles. The van der Waals surface area contributed by atoms with E-state index in [-0.39, 0.29) is 12.5 Å². The van der Waals surface area contributed by atoms with Crippen LogP contribution in [0.5, 0.6) is 0 Å². The monoisotopic (exact) mass is 766 g/mol. The number of aliphatic hydroxyl groups excluding tert-OH is 5. The standard InChI is InChI=1S/C45H83NO8/c1-3-4-5-6-7-8-9-10-11-12-13-14-15-16-17-18-19-20-21-22-23-24-25-26-27-28-29-30-31-32-33-34-35-40(49)39(46-38(2)48)37-53-45-44(52)43(51)42(50)41(36-47)54-45/h26-27,30-31,34-35,39-45,47,49-52H,3-25,28-29,32-33,36-37H2,1-2H3,(H,46,48)/b27-26+,31-30+,35-34+. The van der Waals surface area contributed by atoms with Crippen LogP contribution in [0.25, 0.3) is 0 Å². The summed E-state index contributed by atoms with van der Waals surface area (Å²) in [6.45, 7) is 2.82. The number of hydrogen-bond acceptors (Lipinski definition) is 8. The molecule has 0 spiro atoms. The highest BCUT2D eigenvalue weighted by molar-refractivity contribution is 5.73. The lowest BCUT2D eigenvalue weighted by atomic mass is 9.99. The first-order valence-electron chi connectivity index (χ1n) is 22.2. The Balaban J connectivity index is 1.96. The first-order chi connectivity index (χ1) is 26.3. The van der Waals surface area contributed by atoms with E-state index in [1.54, 1.807) is 6.08 Å². The van der Waals surface area contributed by atoms with Gasteiger partial charge in [0.1, 0.15) is 24.4 Å². The second-order valence-electron chi connectivity index (χ2n) is 15.6. The Hall–Kier alpha value is -1.59. The van der Waals surface area contributed by atoms with Crippen LogP contribution >= 0.6 is 0 Å². The molecular weight excluding hydrogens is 682 g/mol. The molecule has 1 aliphatic rings. The van der Waals surface area contributed by atoms with Gasteiger partial charge in [-0.25, -0.2) is 0 Å². The van der Waals surface area contributed by atoms with Gasteiger partial charge in [-0.05, 0) is 38.5 Å². The van der Waals surface area contributed by atoms with Gasteiger partial charge < -0.3 is 40.3 Å². The number of nitrogens with one attached hydrogen (secondary N) is 1. The summed E-state index contributed by atoms with van der Waals surface area (Å²) in [6, 6.07) is -0.827. The van der Waals surface area contributed by atoms with Crippen LogP contribution in [0.1, 0.15) is 187 Å². The van der Waals surface area contributed by atoms with Crippen LogP contribution < -0.4 is 5.32 Å². The minimum atomic E-state index is -1.57. The molecule has 0 aromatic rings. The highest BCUT2D eigenvalue weighted by Crippen LogP contribution is 2.22. The molecule has 0 bridgehead atoms. The molecule has 1 rings (SSSR count). The summed E-state index contributed by atoms with van der Waals surface area (Å²) >= 11 is 0. The van der Waals surface area contributed by atoms with Crippen molar-refractivity contribution in [3.63, 3.8) is 0 Å². The predicted molar refractivity (Wildman–Crippen MR) is 221 cm³/mol. The Morgan fingerprint density at radius 2 is 1.02 bits per heavy atom. The summed E-state index contributed by atoms with van der Waals surface area (Å²) in [5.41, 5.74) is 0. The SMILES string of the molecule is CCCCCCCCCCCCCCCCCCCCCCCC/C=C/CC/C=C/CC/C=C/C(O)C(COC1OC(CO)C(O)C(O)C1O)NC(C)=O. The van der Waals surface area contributed by atoms with E-state index in [9.17, 15) is 30.3 Å². The summed E-state index contributed by atoms with van der Waals surface area (Å²) in [6.07, 6.45) is 40.2. The maximum Gasteiger partial charge on any atom is 0.217 e. The molecule has 0 aromatic heterocycles. The Morgan fingerprint density at radius 3 is 1.44 bits per heavy atom. The summed E-state index contributed by atoms with van der Waals surface area (Å²) in [5.74, 6) is -0.368. The number of allylic oxidation sites excluding steroid dienone is 5.